The molecule has 3 heterocycles. The molecule has 0 spiro atoms. The number of nitrogens with two attached hydrogens (primary N) is 1. The van der Waals surface area contributed by atoms with Crippen molar-refractivity contribution in [3.05, 3.63) is 71.0 Å². The van der Waals surface area contributed by atoms with E-state index in [0.717, 1.165) is 42.9 Å². The summed E-state index contributed by atoms with van der Waals surface area (Å²) in [5.74, 6) is 0.433. The Labute approximate surface area is 178 Å². The van der Waals surface area contributed by atoms with E-state index >= 15 is 0 Å². The van der Waals surface area contributed by atoms with Crippen LogP contribution in [-0.2, 0) is 0 Å². The molecule has 9 heteroatoms. The Kier molecular flexibility index (Phi) is 4.72. The van der Waals surface area contributed by atoms with Gasteiger partial charge in [-0.2, -0.15) is 9.61 Å². The van der Waals surface area contributed by atoms with Gasteiger partial charge in [-0.15, -0.1) is 0 Å². The van der Waals surface area contributed by atoms with Crippen LogP contribution in [0.3, 0.4) is 0 Å². The number of nitrogens with zero attached hydrogens (tertiary/aromatic N) is 5. The van der Waals surface area contributed by atoms with E-state index in [4.69, 9.17) is 5.73 Å². The summed E-state index contributed by atoms with van der Waals surface area (Å²) >= 11 is 0. The Morgan fingerprint density at radius 2 is 1.58 bits per heavy atom. The molecule has 156 valence electrons. The van der Waals surface area contributed by atoms with E-state index in [9.17, 15) is 10.1 Å². The van der Waals surface area contributed by atoms with Gasteiger partial charge in [-0.05, 0) is 35.4 Å². The number of nitrogens with one attached hydrogen (secondary N) is 1. The SMILES string of the molecule is Nc1c(-c2ccc([N+](=O)[O-])cc2)cnc2c(-c3ccc(N4CCNCC4)cc3)cnn12. The molecular weight excluding hydrogens is 394 g/mol. The minimum atomic E-state index is -0.429. The molecule has 0 unspecified atom stereocenters. The third-order valence-corrected chi connectivity index (χ3v) is 5.61. The van der Waals surface area contributed by atoms with Crippen molar-refractivity contribution in [1.82, 2.24) is 19.9 Å². The van der Waals surface area contributed by atoms with E-state index in [0.29, 0.717) is 17.0 Å². The summed E-state index contributed by atoms with van der Waals surface area (Å²) in [5.41, 5.74) is 11.6. The standard InChI is InChI=1S/C22H21N7O2/c23-21-19(15-3-7-18(8-4-15)29(30)31)13-25-22-20(14-26-28(21)22)16-1-5-17(6-2-16)27-11-9-24-10-12-27/h1-8,13-14,24H,9-12,23H2. The van der Waals surface area contributed by atoms with Crippen molar-refractivity contribution in [2.24, 2.45) is 0 Å². The van der Waals surface area contributed by atoms with Crippen LogP contribution in [0.2, 0.25) is 0 Å². The molecule has 0 amide bonds. The zero-order chi connectivity index (χ0) is 21.4. The Balaban J connectivity index is 1.47. The number of fused-ring (bicyclic) bond motifs is 1. The summed E-state index contributed by atoms with van der Waals surface area (Å²) in [5, 5.41) is 18.7. The van der Waals surface area contributed by atoms with Crippen LogP contribution < -0.4 is 16.0 Å². The van der Waals surface area contributed by atoms with E-state index in [1.54, 1.807) is 29.0 Å². The number of nitrogen functional groups attached to an aromatic ring is 1. The molecule has 0 bridgehead atoms. The molecule has 0 saturated carbocycles. The molecule has 4 aromatic rings. The number of non-ortho nitro benzene ring substituents is 1. The average molecular weight is 415 g/mol. The van der Waals surface area contributed by atoms with Gasteiger partial charge in [-0.25, -0.2) is 4.98 Å². The smallest absolute Gasteiger partial charge is 0.269 e. The number of anilines is 2. The van der Waals surface area contributed by atoms with Crippen LogP contribution >= 0.6 is 0 Å². The van der Waals surface area contributed by atoms with Gasteiger partial charge < -0.3 is 16.0 Å². The van der Waals surface area contributed by atoms with Crippen LogP contribution in [-0.4, -0.2) is 45.7 Å². The second-order valence-electron chi connectivity index (χ2n) is 7.44. The van der Waals surface area contributed by atoms with Crippen molar-refractivity contribution in [3.63, 3.8) is 0 Å². The third-order valence-electron chi connectivity index (χ3n) is 5.61. The summed E-state index contributed by atoms with van der Waals surface area (Å²) in [7, 11) is 0. The minimum absolute atomic E-state index is 0.0296. The lowest BCUT2D eigenvalue weighted by molar-refractivity contribution is -0.384. The fourth-order valence-corrected chi connectivity index (χ4v) is 3.91. The fourth-order valence-electron chi connectivity index (χ4n) is 3.91. The van der Waals surface area contributed by atoms with E-state index in [-0.39, 0.29) is 5.69 Å². The molecule has 0 aliphatic carbocycles. The lowest BCUT2D eigenvalue weighted by Crippen LogP contribution is -2.43. The van der Waals surface area contributed by atoms with E-state index in [1.165, 1.54) is 17.8 Å². The van der Waals surface area contributed by atoms with E-state index in [2.05, 4.69) is 44.6 Å². The molecule has 9 nitrogen and oxygen atoms in total. The topological polar surface area (TPSA) is 115 Å². The number of aromatic nitrogens is 3. The predicted octanol–water partition coefficient (Wildman–Crippen LogP) is 2.96. The highest BCUT2D eigenvalue weighted by Crippen LogP contribution is 2.31. The maximum Gasteiger partial charge on any atom is 0.269 e. The summed E-state index contributed by atoms with van der Waals surface area (Å²) in [6.07, 6.45) is 3.45. The van der Waals surface area contributed by atoms with Crippen molar-refractivity contribution >= 4 is 22.8 Å². The largest absolute Gasteiger partial charge is 0.383 e. The number of piperazine rings is 1. The van der Waals surface area contributed by atoms with Crippen molar-refractivity contribution in [3.8, 4) is 22.3 Å². The fraction of sp³-hybridized carbons (Fsp3) is 0.182. The molecule has 31 heavy (non-hydrogen) atoms. The average Bonchev–Trinajstić information content (AvgIpc) is 3.25. The quantitative estimate of drug-likeness (QED) is 0.389. The van der Waals surface area contributed by atoms with Crippen molar-refractivity contribution < 1.29 is 4.92 Å². The summed E-state index contributed by atoms with van der Waals surface area (Å²) in [4.78, 5) is 17.4. The molecule has 2 aromatic heterocycles. The van der Waals surface area contributed by atoms with E-state index in [1.807, 2.05) is 0 Å². The maximum atomic E-state index is 10.9. The van der Waals surface area contributed by atoms with Crippen LogP contribution in [0.4, 0.5) is 17.2 Å². The number of hydrogen-bond acceptors (Lipinski definition) is 7. The maximum absolute atomic E-state index is 10.9. The first-order chi connectivity index (χ1) is 15.1. The molecule has 1 aliphatic rings. The van der Waals surface area contributed by atoms with Crippen LogP contribution in [0.15, 0.2) is 60.9 Å². The van der Waals surface area contributed by atoms with Crippen LogP contribution in [0.5, 0.6) is 0 Å². The molecule has 0 radical (unpaired) electrons. The van der Waals surface area contributed by atoms with Gasteiger partial charge in [0.2, 0.25) is 0 Å². The van der Waals surface area contributed by atoms with Crippen molar-refractivity contribution in [2.45, 2.75) is 0 Å². The van der Waals surface area contributed by atoms with Gasteiger partial charge >= 0.3 is 0 Å². The third kappa shape index (κ3) is 3.44. The minimum Gasteiger partial charge on any atom is -0.383 e. The number of nitro benzene ring substituents is 1. The normalized spacial score (nSPS) is 14.1. The second-order valence-corrected chi connectivity index (χ2v) is 7.44. The van der Waals surface area contributed by atoms with Gasteiger partial charge in [0.1, 0.15) is 5.82 Å². The van der Waals surface area contributed by atoms with Gasteiger partial charge in [0.25, 0.3) is 5.69 Å². The highest BCUT2D eigenvalue weighted by atomic mass is 16.6. The van der Waals surface area contributed by atoms with E-state index < -0.39 is 4.92 Å². The van der Waals surface area contributed by atoms with Gasteiger partial charge in [0.15, 0.2) is 5.65 Å². The Morgan fingerprint density at radius 1 is 0.935 bits per heavy atom. The summed E-state index contributed by atoms with van der Waals surface area (Å²) in [6, 6.07) is 14.6. The number of rotatable bonds is 4. The molecule has 5 rings (SSSR count). The zero-order valence-corrected chi connectivity index (χ0v) is 16.7. The van der Waals surface area contributed by atoms with Crippen LogP contribution in [0.25, 0.3) is 27.9 Å². The van der Waals surface area contributed by atoms with Gasteiger partial charge in [0, 0.05) is 61.3 Å². The second kappa shape index (κ2) is 7.69. The molecule has 1 aliphatic heterocycles. The van der Waals surface area contributed by atoms with Crippen molar-refractivity contribution in [1.29, 1.82) is 0 Å². The number of hydrogen-bond donors (Lipinski definition) is 2. The van der Waals surface area contributed by atoms with Gasteiger partial charge in [-0.1, -0.05) is 12.1 Å². The lowest BCUT2D eigenvalue weighted by Gasteiger charge is -2.29. The molecule has 1 saturated heterocycles. The zero-order valence-electron chi connectivity index (χ0n) is 16.7. The molecule has 1 fully saturated rings. The highest BCUT2D eigenvalue weighted by molar-refractivity contribution is 5.82. The van der Waals surface area contributed by atoms with Gasteiger partial charge in [-0.3, -0.25) is 10.1 Å². The Morgan fingerprint density at radius 3 is 2.26 bits per heavy atom. The number of nitro groups is 1. The van der Waals surface area contributed by atoms with Crippen LogP contribution in [0, 0.1) is 10.1 Å². The molecular formula is C22H21N7O2. The molecule has 3 N–H and O–H groups in total. The van der Waals surface area contributed by atoms with Gasteiger partial charge in [0.05, 0.1) is 11.1 Å². The lowest BCUT2D eigenvalue weighted by atomic mass is 10.1. The first-order valence-electron chi connectivity index (χ1n) is 10.0. The number of benzene rings is 2. The molecule has 2 aromatic carbocycles. The molecule has 0 atom stereocenters. The van der Waals surface area contributed by atoms with Crippen LogP contribution in [0.1, 0.15) is 0 Å². The highest BCUT2D eigenvalue weighted by Gasteiger charge is 2.16. The monoisotopic (exact) mass is 415 g/mol. The first-order valence-corrected chi connectivity index (χ1v) is 10.0. The Bertz CT molecular complexity index is 1240. The van der Waals surface area contributed by atoms with Crippen molar-refractivity contribution in [2.75, 3.05) is 36.8 Å². The summed E-state index contributed by atoms with van der Waals surface area (Å²) < 4.78 is 1.61. The Hall–Kier alpha value is -3.98. The summed E-state index contributed by atoms with van der Waals surface area (Å²) in [6.45, 7) is 3.99. The predicted molar refractivity (Wildman–Crippen MR) is 120 cm³/mol. The first kappa shape index (κ1) is 19.0.